The van der Waals surface area contributed by atoms with Crippen molar-refractivity contribution in [3.8, 4) is 22.8 Å². The number of rotatable bonds is 8. The second-order valence-corrected chi connectivity index (χ2v) is 8.65. The lowest BCUT2D eigenvalue weighted by Gasteiger charge is -2.28. The minimum atomic E-state index is -0.347. The number of hydrogen-bond acceptors (Lipinski definition) is 5. The molecule has 0 radical (unpaired) electrons. The Morgan fingerprint density at radius 3 is 2.91 bits per heavy atom. The van der Waals surface area contributed by atoms with Crippen LogP contribution in [0.5, 0.6) is 11.5 Å². The summed E-state index contributed by atoms with van der Waals surface area (Å²) in [6.45, 7) is 4.03. The molecule has 3 aromatic rings. The number of para-hydroxylation sites is 1. The number of ether oxygens (including phenoxy) is 2. The number of H-pyrrole nitrogens is 1. The van der Waals surface area contributed by atoms with Gasteiger partial charge in [0.2, 0.25) is 0 Å². The maximum Gasteiger partial charge on any atom is 0.273 e. The number of nitrogens with zero attached hydrogens (tertiary/aromatic N) is 2. The Bertz CT molecular complexity index is 1140. The highest BCUT2D eigenvalue weighted by Crippen LogP contribution is 2.45. The van der Waals surface area contributed by atoms with Crippen molar-refractivity contribution in [2.75, 3.05) is 19.8 Å². The summed E-state index contributed by atoms with van der Waals surface area (Å²) in [6, 6.07) is 14.7. The summed E-state index contributed by atoms with van der Waals surface area (Å²) >= 11 is 0. The van der Waals surface area contributed by atoms with Crippen molar-refractivity contribution >= 4 is 5.91 Å². The molecule has 0 bridgehead atoms. The fourth-order valence-corrected chi connectivity index (χ4v) is 4.73. The molecule has 0 aliphatic carbocycles. The highest BCUT2D eigenvalue weighted by atomic mass is 16.5. The summed E-state index contributed by atoms with van der Waals surface area (Å²) in [5.41, 5.74) is 3.39. The van der Waals surface area contributed by atoms with Crippen LogP contribution in [0.4, 0.5) is 0 Å². The van der Waals surface area contributed by atoms with Crippen LogP contribution < -0.4 is 4.74 Å². The molecular formula is C26H29N3O4. The molecule has 2 N–H and O–H groups in total. The van der Waals surface area contributed by atoms with Crippen molar-refractivity contribution in [2.45, 2.75) is 44.8 Å². The maximum absolute atomic E-state index is 13.5. The summed E-state index contributed by atoms with van der Waals surface area (Å²) in [4.78, 5) is 15.4. The minimum Gasteiger partial charge on any atom is -0.507 e. The molecule has 5 rings (SSSR count). The third-order valence-electron chi connectivity index (χ3n) is 6.39. The normalized spacial score (nSPS) is 19.8. The number of fused-ring (bicyclic) bond motifs is 1. The van der Waals surface area contributed by atoms with Gasteiger partial charge in [0, 0.05) is 24.3 Å². The van der Waals surface area contributed by atoms with Crippen molar-refractivity contribution in [1.82, 2.24) is 15.1 Å². The fraction of sp³-hybridized carbons (Fsp3) is 0.385. The lowest BCUT2D eigenvalue weighted by atomic mass is 9.95. The first-order valence-corrected chi connectivity index (χ1v) is 11.7. The second kappa shape index (κ2) is 9.27. The van der Waals surface area contributed by atoms with Crippen molar-refractivity contribution in [2.24, 2.45) is 0 Å². The summed E-state index contributed by atoms with van der Waals surface area (Å²) in [6.07, 6.45) is 4.02. The average Bonchev–Trinajstić information content (AvgIpc) is 3.54. The first kappa shape index (κ1) is 21.5. The lowest BCUT2D eigenvalue weighted by Crippen LogP contribution is -2.36. The monoisotopic (exact) mass is 447 g/mol. The van der Waals surface area contributed by atoms with Gasteiger partial charge in [0.1, 0.15) is 22.9 Å². The molecule has 2 aliphatic heterocycles. The Kier molecular flexibility index (Phi) is 6.05. The largest absolute Gasteiger partial charge is 0.507 e. The Balaban J connectivity index is 1.57. The fourth-order valence-electron chi connectivity index (χ4n) is 4.73. The van der Waals surface area contributed by atoms with E-state index < -0.39 is 0 Å². The molecule has 2 unspecified atom stereocenters. The molecular weight excluding hydrogens is 418 g/mol. The first-order chi connectivity index (χ1) is 16.2. The molecule has 2 aromatic carbocycles. The van der Waals surface area contributed by atoms with Crippen LogP contribution in [0.2, 0.25) is 0 Å². The topological polar surface area (TPSA) is 87.7 Å². The van der Waals surface area contributed by atoms with E-state index in [9.17, 15) is 9.90 Å². The van der Waals surface area contributed by atoms with Crippen LogP contribution in [0.15, 0.2) is 48.5 Å². The van der Waals surface area contributed by atoms with Gasteiger partial charge in [0.25, 0.3) is 5.91 Å². The number of benzene rings is 2. The predicted molar refractivity (Wildman–Crippen MR) is 124 cm³/mol. The molecule has 1 saturated heterocycles. The molecule has 0 saturated carbocycles. The smallest absolute Gasteiger partial charge is 0.273 e. The summed E-state index contributed by atoms with van der Waals surface area (Å²) in [5, 5.41) is 17.9. The van der Waals surface area contributed by atoms with Crippen molar-refractivity contribution in [1.29, 1.82) is 0 Å². The van der Waals surface area contributed by atoms with E-state index in [-0.39, 0.29) is 23.8 Å². The Labute approximate surface area is 193 Å². The van der Waals surface area contributed by atoms with E-state index in [1.54, 1.807) is 12.1 Å². The Morgan fingerprint density at radius 2 is 2.12 bits per heavy atom. The quantitative estimate of drug-likeness (QED) is 0.490. The van der Waals surface area contributed by atoms with Gasteiger partial charge in [0.15, 0.2) is 0 Å². The van der Waals surface area contributed by atoms with Crippen molar-refractivity contribution in [3.63, 3.8) is 0 Å². The van der Waals surface area contributed by atoms with Crippen LogP contribution >= 0.6 is 0 Å². The number of phenolic OH excluding ortho intramolecular Hbond substituents is 1. The first-order valence-electron chi connectivity index (χ1n) is 11.7. The molecule has 7 heteroatoms. The number of carbonyl (C=O) groups excluding carboxylic acids is 1. The van der Waals surface area contributed by atoms with Crippen LogP contribution in [0.25, 0.3) is 11.3 Å². The van der Waals surface area contributed by atoms with Gasteiger partial charge in [-0.2, -0.15) is 5.10 Å². The minimum absolute atomic E-state index is 0.0194. The van der Waals surface area contributed by atoms with E-state index in [1.807, 2.05) is 41.3 Å². The van der Waals surface area contributed by atoms with Gasteiger partial charge in [0.05, 0.1) is 18.8 Å². The Morgan fingerprint density at radius 1 is 1.24 bits per heavy atom. The van der Waals surface area contributed by atoms with E-state index >= 15 is 0 Å². The number of nitrogens with one attached hydrogen (secondary N) is 1. The highest BCUT2D eigenvalue weighted by molar-refractivity contribution is 6.00. The molecule has 172 valence electrons. The molecule has 2 atom stereocenters. The third kappa shape index (κ3) is 4.09. The standard InChI is InChI=1S/C26H29N3O4/c1-2-3-13-32-18-9-6-8-17(15-18)25-22-23(20-11-4-5-12-21(20)30)27-28-24(22)26(31)29(25)16-19-10-7-14-33-19/h4-6,8-9,11-12,15,19,25,30H,2-3,7,10,13-14,16H2,1H3,(H,27,28). The third-order valence-corrected chi connectivity index (χ3v) is 6.39. The van der Waals surface area contributed by atoms with Crippen LogP contribution in [-0.4, -0.2) is 52.0 Å². The number of aromatic nitrogens is 2. The number of carbonyl (C=O) groups is 1. The van der Waals surface area contributed by atoms with Gasteiger partial charge in [-0.1, -0.05) is 37.6 Å². The SMILES string of the molecule is CCCCOc1cccc(C2c3c(-c4ccccc4O)n[nH]c3C(=O)N2CC2CCCO2)c1. The number of unbranched alkanes of at least 4 members (excludes halogenated alkanes) is 1. The van der Waals surface area contributed by atoms with Gasteiger partial charge >= 0.3 is 0 Å². The van der Waals surface area contributed by atoms with Gasteiger partial charge in [-0.25, -0.2) is 0 Å². The number of amides is 1. The molecule has 7 nitrogen and oxygen atoms in total. The Hall–Kier alpha value is -3.32. The van der Waals surface area contributed by atoms with Crippen molar-refractivity contribution in [3.05, 3.63) is 65.4 Å². The number of hydrogen-bond donors (Lipinski definition) is 2. The summed E-state index contributed by atoms with van der Waals surface area (Å²) in [7, 11) is 0. The molecule has 0 spiro atoms. The van der Waals surface area contributed by atoms with Gasteiger partial charge in [-0.3, -0.25) is 9.89 Å². The predicted octanol–water partition coefficient (Wildman–Crippen LogP) is 4.69. The van der Waals surface area contributed by atoms with Gasteiger partial charge < -0.3 is 19.5 Å². The van der Waals surface area contributed by atoms with Gasteiger partial charge in [-0.05, 0) is 49.1 Å². The van der Waals surface area contributed by atoms with Crippen LogP contribution in [-0.2, 0) is 4.74 Å². The lowest BCUT2D eigenvalue weighted by molar-refractivity contribution is 0.0495. The summed E-state index contributed by atoms with van der Waals surface area (Å²) < 4.78 is 11.8. The zero-order valence-corrected chi connectivity index (χ0v) is 18.8. The van der Waals surface area contributed by atoms with E-state index in [1.165, 1.54) is 0 Å². The highest BCUT2D eigenvalue weighted by Gasteiger charge is 2.43. The van der Waals surface area contributed by atoms with Crippen LogP contribution in [0, 0.1) is 0 Å². The van der Waals surface area contributed by atoms with E-state index in [0.717, 1.165) is 49.2 Å². The number of phenols is 1. The summed E-state index contributed by atoms with van der Waals surface area (Å²) in [5.74, 6) is 0.815. The van der Waals surface area contributed by atoms with Gasteiger partial charge in [-0.15, -0.1) is 0 Å². The molecule has 33 heavy (non-hydrogen) atoms. The average molecular weight is 448 g/mol. The number of aromatic hydroxyl groups is 1. The maximum atomic E-state index is 13.5. The number of aromatic amines is 1. The molecule has 3 heterocycles. The molecule has 1 aromatic heterocycles. The molecule has 2 aliphatic rings. The van der Waals surface area contributed by atoms with E-state index in [2.05, 4.69) is 17.1 Å². The van der Waals surface area contributed by atoms with Crippen LogP contribution in [0.3, 0.4) is 0 Å². The van der Waals surface area contributed by atoms with E-state index in [0.29, 0.717) is 30.1 Å². The zero-order valence-electron chi connectivity index (χ0n) is 18.8. The van der Waals surface area contributed by atoms with E-state index in [4.69, 9.17) is 9.47 Å². The second-order valence-electron chi connectivity index (χ2n) is 8.65. The molecule has 1 fully saturated rings. The van der Waals surface area contributed by atoms with Crippen molar-refractivity contribution < 1.29 is 19.4 Å². The molecule has 1 amide bonds. The zero-order chi connectivity index (χ0) is 22.8. The van der Waals surface area contributed by atoms with Crippen LogP contribution in [0.1, 0.15) is 60.3 Å².